The lowest BCUT2D eigenvalue weighted by Crippen LogP contribution is -2.20. The molecule has 146 valence electrons. The summed E-state index contributed by atoms with van der Waals surface area (Å²) in [6.45, 7) is 4.22. The number of nitrogens with zero attached hydrogens (tertiary/aromatic N) is 2. The van der Waals surface area contributed by atoms with Crippen LogP contribution in [-0.4, -0.2) is 37.1 Å². The number of anilines is 3. The molecule has 2 N–H and O–H groups in total. The topological polar surface area (TPSA) is 49.4 Å². The first kappa shape index (κ1) is 19.7. The van der Waals surface area contributed by atoms with Crippen LogP contribution in [0.25, 0.3) is 0 Å². The highest BCUT2D eigenvalue weighted by Gasteiger charge is 2.12. The van der Waals surface area contributed by atoms with Crippen LogP contribution < -0.4 is 15.4 Å². The van der Waals surface area contributed by atoms with Gasteiger partial charge in [-0.25, -0.2) is 4.98 Å². The Bertz CT molecular complexity index is 881. The molecule has 0 saturated heterocycles. The number of hydrogen-bond acceptors (Lipinski definition) is 5. The third kappa shape index (κ3) is 5.47. The number of likely N-dealkylation sites (N-methyl/N-ethyl adjacent to an activating group) is 1. The van der Waals surface area contributed by atoms with Gasteiger partial charge in [0.05, 0.1) is 11.4 Å². The molecule has 0 aliphatic carbocycles. The molecule has 3 rings (SSSR count). The van der Waals surface area contributed by atoms with Gasteiger partial charge in [-0.3, -0.25) is 0 Å². The van der Waals surface area contributed by atoms with Gasteiger partial charge in [-0.05, 0) is 50.3 Å². The highest BCUT2D eigenvalue weighted by molar-refractivity contribution is 5.75. The minimum absolute atomic E-state index is 0.604. The molecule has 28 heavy (non-hydrogen) atoms. The summed E-state index contributed by atoms with van der Waals surface area (Å²) in [5, 5.41) is 6.94. The Morgan fingerprint density at radius 3 is 2.46 bits per heavy atom. The monoisotopic (exact) mass is 376 g/mol. The molecule has 0 unspecified atom stereocenters. The minimum Gasteiger partial charge on any atom is -0.488 e. The normalized spacial score (nSPS) is 10.7. The lowest BCUT2D eigenvalue weighted by Gasteiger charge is -2.19. The van der Waals surface area contributed by atoms with E-state index in [0.717, 1.165) is 41.6 Å². The number of ether oxygens (including phenoxy) is 1. The summed E-state index contributed by atoms with van der Waals surface area (Å²) < 4.78 is 6.19. The molecule has 1 aromatic heterocycles. The van der Waals surface area contributed by atoms with Crippen molar-refractivity contribution >= 4 is 17.2 Å². The molecule has 0 fully saturated rings. The Kier molecular flexibility index (Phi) is 6.87. The van der Waals surface area contributed by atoms with E-state index < -0.39 is 0 Å². The zero-order valence-electron chi connectivity index (χ0n) is 16.8. The fraction of sp³-hybridized carbons (Fsp3) is 0.261. The predicted molar refractivity (Wildman–Crippen MR) is 117 cm³/mol. The van der Waals surface area contributed by atoms with E-state index in [1.807, 2.05) is 69.6 Å². The van der Waals surface area contributed by atoms with Crippen LogP contribution in [0.3, 0.4) is 0 Å². The summed E-state index contributed by atoms with van der Waals surface area (Å²) in [4.78, 5) is 6.56. The second kappa shape index (κ2) is 9.76. The molecule has 1 heterocycles. The second-order valence-electron chi connectivity index (χ2n) is 6.97. The molecule has 0 amide bonds. The Morgan fingerprint density at radius 2 is 1.71 bits per heavy atom. The molecular formula is C23H28N4O. The minimum atomic E-state index is 0.604. The first-order valence-corrected chi connectivity index (χ1v) is 9.50. The van der Waals surface area contributed by atoms with Gasteiger partial charge in [-0.2, -0.15) is 0 Å². The van der Waals surface area contributed by atoms with Gasteiger partial charge in [-0.1, -0.05) is 42.5 Å². The van der Waals surface area contributed by atoms with Crippen LogP contribution in [0.4, 0.5) is 17.2 Å². The highest BCUT2D eigenvalue weighted by atomic mass is 16.5. The first-order chi connectivity index (χ1) is 13.6. The lowest BCUT2D eigenvalue weighted by molar-refractivity contribution is 0.263. The predicted octanol–water partition coefficient (Wildman–Crippen LogP) is 4.69. The van der Waals surface area contributed by atoms with E-state index in [-0.39, 0.29) is 0 Å². The van der Waals surface area contributed by atoms with Crippen LogP contribution in [0.5, 0.6) is 5.75 Å². The van der Waals surface area contributed by atoms with Crippen molar-refractivity contribution in [2.75, 3.05) is 37.9 Å². The maximum atomic E-state index is 6.19. The van der Waals surface area contributed by atoms with Crippen molar-refractivity contribution in [3.05, 3.63) is 78.0 Å². The van der Waals surface area contributed by atoms with Crippen LogP contribution in [-0.2, 0) is 6.54 Å². The SMILES string of the molecule is Cc1cccnc1Nc1cccc(NCc2ccccc2)c1OCCN(C)C. The van der Waals surface area contributed by atoms with Crippen molar-refractivity contribution in [1.29, 1.82) is 0 Å². The summed E-state index contributed by atoms with van der Waals surface area (Å²) in [5.74, 6) is 1.64. The smallest absolute Gasteiger partial charge is 0.165 e. The molecule has 3 aromatic rings. The van der Waals surface area contributed by atoms with E-state index in [0.29, 0.717) is 6.61 Å². The molecular weight excluding hydrogens is 348 g/mol. The van der Waals surface area contributed by atoms with E-state index in [9.17, 15) is 0 Å². The molecule has 0 aliphatic heterocycles. The Hall–Kier alpha value is -3.05. The average Bonchev–Trinajstić information content (AvgIpc) is 2.70. The largest absolute Gasteiger partial charge is 0.488 e. The second-order valence-corrected chi connectivity index (χ2v) is 6.97. The van der Waals surface area contributed by atoms with Crippen molar-refractivity contribution in [1.82, 2.24) is 9.88 Å². The van der Waals surface area contributed by atoms with Gasteiger partial charge in [-0.15, -0.1) is 0 Å². The number of pyridine rings is 1. The molecule has 5 heteroatoms. The number of hydrogen-bond donors (Lipinski definition) is 2. The molecule has 0 aliphatic rings. The zero-order chi connectivity index (χ0) is 19.8. The molecule has 0 saturated carbocycles. The fourth-order valence-corrected chi connectivity index (χ4v) is 2.80. The van der Waals surface area contributed by atoms with Crippen LogP contribution in [0.15, 0.2) is 66.9 Å². The van der Waals surface area contributed by atoms with Crippen molar-refractivity contribution < 1.29 is 4.74 Å². The molecule has 5 nitrogen and oxygen atoms in total. The molecule has 0 bridgehead atoms. The lowest BCUT2D eigenvalue weighted by atomic mass is 10.2. The third-order valence-corrected chi connectivity index (χ3v) is 4.39. The Labute approximate surface area is 167 Å². The van der Waals surface area contributed by atoms with Crippen LogP contribution in [0.2, 0.25) is 0 Å². The maximum Gasteiger partial charge on any atom is 0.165 e. The Morgan fingerprint density at radius 1 is 0.929 bits per heavy atom. The van der Waals surface area contributed by atoms with Crippen LogP contribution >= 0.6 is 0 Å². The average molecular weight is 377 g/mol. The van der Waals surface area contributed by atoms with Crippen molar-refractivity contribution in [3.63, 3.8) is 0 Å². The number of benzene rings is 2. The van der Waals surface area contributed by atoms with Gasteiger partial charge in [0, 0.05) is 19.3 Å². The first-order valence-electron chi connectivity index (χ1n) is 9.50. The van der Waals surface area contributed by atoms with Gasteiger partial charge in [0.25, 0.3) is 0 Å². The Balaban J connectivity index is 1.83. The van der Waals surface area contributed by atoms with E-state index >= 15 is 0 Å². The third-order valence-electron chi connectivity index (χ3n) is 4.39. The van der Waals surface area contributed by atoms with Gasteiger partial charge in [0.15, 0.2) is 5.75 Å². The van der Waals surface area contributed by atoms with E-state index in [1.165, 1.54) is 5.56 Å². The van der Waals surface area contributed by atoms with Crippen molar-refractivity contribution in [2.45, 2.75) is 13.5 Å². The van der Waals surface area contributed by atoms with E-state index in [4.69, 9.17) is 4.74 Å². The van der Waals surface area contributed by atoms with Gasteiger partial charge in [0.2, 0.25) is 0 Å². The molecule has 0 radical (unpaired) electrons. The van der Waals surface area contributed by atoms with E-state index in [2.05, 4.69) is 32.7 Å². The van der Waals surface area contributed by atoms with Gasteiger partial charge < -0.3 is 20.3 Å². The summed E-state index contributed by atoms with van der Waals surface area (Å²) in [7, 11) is 4.08. The van der Waals surface area contributed by atoms with Crippen LogP contribution in [0, 0.1) is 6.92 Å². The number of para-hydroxylation sites is 1. The molecule has 2 aromatic carbocycles. The summed E-state index contributed by atoms with van der Waals surface area (Å²) >= 11 is 0. The van der Waals surface area contributed by atoms with Crippen molar-refractivity contribution in [3.8, 4) is 5.75 Å². The number of aromatic nitrogens is 1. The number of nitrogens with one attached hydrogen (secondary N) is 2. The fourth-order valence-electron chi connectivity index (χ4n) is 2.80. The highest BCUT2D eigenvalue weighted by Crippen LogP contribution is 2.35. The summed E-state index contributed by atoms with van der Waals surface area (Å²) in [6, 6.07) is 20.4. The maximum absolute atomic E-state index is 6.19. The van der Waals surface area contributed by atoms with Crippen LogP contribution in [0.1, 0.15) is 11.1 Å². The standard InChI is InChI=1S/C23H28N4O/c1-18-9-8-14-24-23(18)26-21-13-7-12-20(22(21)28-16-15-27(2)3)25-17-19-10-5-4-6-11-19/h4-14,25H,15-17H2,1-3H3,(H,24,26). The number of aryl methyl sites for hydroxylation is 1. The number of rotatable bonds is 9. The van der Waals surface area contributed by atoms with Crippen molar-refractivity contribution in [2.24, 2.45) is 0 Å². The molecule has 0 atom stereocenters. The van der Waals surface area contributed by atoms with Gasteiger partial charge >= 0.3 is 0 Å². The molecule has 0 spiro atoms. The summed E-state index contributed by atoms with van der Waals surface area (Å²) in [6.07, 6.45) is 1.79. The van der Waals surface area contributed by atoms with E-state index in [1.54, 1.807) is 6.20 Å². The van der Waals surface area contributed by atoms with Gasteiger partial charge in [0.1, 0.15) is 12.4 Å². The quantitative estimate of drug-likeness (QED) is 0.568. The zero-order valence-corrected chi connectivity index (χ0v) is 16.8. The summed E-state index contributed by atoms with van der Waals surface area (Å²) in [5.41, 5.74) is 4.17.